The molecule has 1 aromatic heterocycles. The Balaban J connectivity index is 1.99. The Hall–Kier alpha value is -0.800. The number of aromatic nitrogens is 1. The van der Waals surface area contributed by atoms with Crippen molar-refractivity contribution in [1.29, 1.82) is 0 Å². The molecule has 17 heavy (non-hydrogen) atoms. The fourth-order valence-electron chi connectivity index (χ4n) is 2.20. The highest BCUT2D eigenvalue weighted by Crippen LogP contribution is 2.29. The van der Waals surface area contributed by atoms with Gasteiger partial charge < -0.3 is 10.1 Å². The van der Waals surface area contributed by atoms with Crippen LogP contribution in [-0.2, 0) is 4.74 Å². The van der Waals surface area contributed by atoms with E-state index in [0.29, 0.717) is 11.2 Å². The number of pyridine rings is 1. The van der Waals surface area contributed by atoms with E-state index in [1.807, 2.05) is 12.1 Å². The summed E-state index contributed by atoms with van der Waals surface area (Å²) >= 11 is 5.87. The molecular weight excluding hydrogens is 236 g/mol. The molecule has 1 fully saturated rings. The van der Waals surface area contributed by atoms with Gasteiger partial charge >= 0.3 is 0 Å². The average Bonchev–Trinajstić information content (AvgIpc) is 2.29. The van der Waals surface area contributed by atoms with Gasteiger partial charge in [-0.05, 0) is 38.3 Å². The van der Waals surface area contributed by atoms with Gasteiger partial charge in [0.2, 0.25) is 0 Å². The van der Waals surface area contributed by atoms with Crippen LogP contribution in [0.15, 0.2) is 18.2 Å². The summed E-state index contributed by atoms with van der Waals surface area (Å²) in [5.41, 5.74) is -0.00546. The van der Waals surface area contributed by atoms with E-state index >= 15 is 0 Å². The number of rotatable bonds is 3. The fraction of sp³-hybridized carbons (Fsp3) is 0.615. The molecule has 2 atom stereocenters. The first-order chi connectivity index (χ1) is 8.11. The fourth-order valence-corrected chi connectivity index (χ4v) is 2.36. The Morgan fingerprint density at radius 3 is 3.12 bits per heavy atom. The van der Waals surface area contributed by atoms with Crippen LogP contribution >= 0.6 is 11.6 Å². The Kier molecular flexibility index (Phi) is 3.89. The molecule has 0 aliphatic carbocycles. The average molecular weight is 255 g/mol. The summed E-state index contributed by atoms with van der Waals surface area (Å²) in [4.78, 5) is 4.25. The summed E-state index contributed by atoms with van der Waals surface area (Å²) in [6, 6.07) is 6.06. The largest absolute Gasteiger partial charge is 0.375 e. The van der Waals surface area contributed by atoms with Crippen molar-refractivity contribution in [3.63, 3.8) is 0 Å². The summed E-state index contributed by atoms with van der Waals surface area (Å²) < 4.78 is 5.82. The van der Waals surface area contributed by atoms with Crippen molar-refractivity contribution in [3.8, 4) is 0 Å². The predicted octanol–water partition coefficient (Wildman–Crippen LogP) is 3.49. The van der Waals surface area contributed by atoms with Crippen LogP contribution < -0.4 is 5.32 Å². The van der Waals surface area contributed by atoms with Crippen molar-refractivity contribution in [3.05, 3.63) is 23.4 Å². The SMILES string of the molecule is CCC1(C)CC(Nc2cccc(Cl)n2)CCO1. The molecule has 1 aromatic rings. The van der Waals surface area contributed by atoms with Gasteiger partial charge in [0, 0.05) is 12.6 Å². The monoisotopic (exact) mass is 254 g/mol. The van der Waals surface area contributed by atoms with Crippen LogP contribution in [0.25, 0.3) is 0 Å². The molecule has 0 saturated carbocycles. The van der Waals surface area contributed by atoms with E-state index in [-0.39, 0.29) is 5.60 Å². The van der Waals surface area contributed by atoms with Gasteiger partial charge in [-0.3, -0.25) is 0 Å². The van der Waals surface area contributed by atoms with Crippen LogP contribution in [0.1, 0.15) is 33.1 Å². The van der Waals surface area contributed by atoms with Gasteiger partial charge in [-0.15, -0.1) is 0 Å². The molecule has 0 bridgehead atoms. The Bertz CT molecular complexity index is 385. The number of nitrogens with one attached hydrogen (secondary N) is 1. The van der Waals surface area contributed by atoms with E-state index in [4.69, 9.17) is 16.3 Å². The van der Waals surface area contributed by atoms with Crippen LogP contribution in [-0.4, -0.2) is 23.2 Å². The van der Waals surface area contributed by atoms with Gasteiger partial charge in [-0.25, -0.2) is 4.98 Å². The Morgan fingerprint density at radius 2 is 2.41 bits per heavy atom. The number of hydrogen-bond donors (Lipinski definition) is 1. The van der Waals surface area contributed by atoms with Gasteiger partial charge in [-0.2, -0.15) is 0 Å². The third kappa shape index (κ3) is 3.33. The predicted molar refractivity (Wildman–Crippen MR) is 70.5 cm³/mol. The molecule has 1 aliphatic rings. The van der Waals surface area contributed by atoms with E-state index in [9.17, 15) is 0 Å². The first kappa shape index (κ1) is 12.7. The van der Waals surface area contributed by atoms with Crippen LogP contribution in [0.3, 0.4) is 0 Å². The van der Waals surface area contributed by atoms with Crippen molar-refractivity contribution >= 4 is 17.4 Å². The second kappa shape index (κ2) is 5.23. The molecule has 0 amide bonds. The molecule has 0 spiro atoms. The third-order valence-corrected chi connectivity index (χ3v) is 3.62. The van der Waals surface area contributed by atoms with Crippen LogP contribution in [0.4, 0.5) is 5.82 Å². The van der Waals surface area contributed by atoms with E-state index in [0.717, 1.165) is 31.7 Å². The van der Waals surface area contributed by atoms with E-state index in [1.54, 1.807) is 6.07 Å². The van der Waals surface area contributed by atoms with Gasteiger partial charge in [-0.1, -0.05) is 24.6 Å². The van der Waals surface area contributed by atoms with Gasteiger partial charge in [0.05, 0.1) is 5.60 Å². The lowest BCUT2D eigenvalue weighted by Crippen LogP contribution is -2.42. The maximum atomic E-state index is 5.87. The molecule has 1 aliphatic heterocycles. The van der Waals surface area contributed by atoms with Crippen LogP contribution in [0.2, 0.25) is 5.15 Å². The Morgan fingerprint density at radius 1 is 1.59 bits per heavy atom. The maximum absolute atomic E-state index is 5.87. The molecule has 0 aromatic carbocycles. The molecule has 2 unspecified atom stereocenters. The second-order valence-corrected chi connectivity index (χ2v) is 5.22. The van der Waals surface area contributed by atoms with Crippen molar-refractivity contribution in [2.45, 2.75) is 44.8 Å². The highest BCUT2D eigenvalue weighted by Gasteiger charge is 2.31. The topological polar surface area (TPSA) is 34.2 Å². The zero-order valence-corrected chi connectivity index (χ0v) is 11.1. The molecule has 1 N–H and O–H groups in total. The van der Waals surface area contributed by atoms with E-state index < -0.39 is 0 Å². The number of halogens is 1. The van der Waals surface area contributed by atoms with Crippen molar-refractivity contribution in [1.82, 2.24) is 4.98 Å². The smallest absolute Gasteiger partial charge is 0.131 e. The molecule has 1 saturated heterocycles. The first-order valence-corrected chi connectivity index (χ1v) is 6.52. The molecular formula is C13H19ClN2O. The summed E-state index contributed by atoms with van der Waals surface area (Å²) in [6.45, 7) is 5.15. The quantitative estimate of drug-likeness (QED) is 0.839. The van der Waals surface area contributed by atoms with Gasteiger partial charge in [0.1, 0.15) is 11.0 Å². The summed E-state index contributed by atoms with van der Waals surface area (Å²) in [5.74, 6) is 0.850. The summed E-state index contributed by atoms with van der Waals surface area (Å²) in [6.07, 6.45) is 3.07. The van der Waals surface area contributed by atoms with E-state index in [2.05, 4.69) is 24.1 Å². The highest BCUT2D eigenvalue weighted by atomic mass is 35.5. The van der Waals surface area contributed by atoms with Crippen molar-refractivity contribution in [2.75, 3.05) is 11.9 Å². The molecule has 2 heterocycles. The standard InChI is InChI=1S/C13H19ClN2O/c1-3-13(2)9-10(7-8-17-13)15-12-6-4-5-11(14)16-12/h4-6,10H,3,7-9H2,1-2H3,(H,15,16). The zero-order valence-electron chi connectivity index (χ0n) is 10.4. The van der Waals surface area contributed by atoms with Gasteiger partial charge in [0.25, 0.3) is 0 Å². The lowest BCUT2D eigenvalue weighted by atomic mass is 9.90. The second-order valence-electron chi connectivity index (χ2n) is 4.83. The number of ether oxygens (including phenoxy) is 1. The third-order valence-electron chi connectivity index (χ3n) is 3.41. The highest BCUT2D eigenvalue weighted by molar-refractivity contribution is 6.29. The first-order valence-electron chi connectivity index (χ1n) is 6.14. The zero-order chi connectivity index (χ0) is 12.3. The van der Waals surface area contributed by atoms with Gasteiger partial charge in [0.15, 0.2) is 0 Å². The molecule has 94 valence electrons. The molecule has 0 radical (unpaired) electrons. The lowest BCUT2D eigenvalue weighted by molar-refractivity contribution is -0.0709. The lowest BCUT2D eigenvalue weighted by Gasteiger charge is -2.38. The number of anilines is 1. The number of hydrogen-bond acceptors (Lipinski definition) is 3. The molecule has 2 rings (SSSR count). The molecule has 4 heteroatoms. The van der Waals surface area contributed by atoms with Crippen LogP contribution in [0, 0.1) is 0 Å². The summed E-state index contributed by atoms with van der Waals surface area (Å²) in [7, 11) is 0. The minimum absolute atomic E-state index is 0.00546. The van der Waals surface area contributed by atoms with E-state index in [1.165, 1.54) is 0 Å². The van der Waals surface area contributed by atoms with Crippen molar-refractivity contribution < 1.29 is 4.74 Å². The maximum Gasteiger partial charge on any atom is 0.131 e. The minimum atomic E-state index is -0.00546. The molecule has 3 nitrogen and oxygen atoms in total. The van der Waals surface area contributed by atoms with Crippen molar-refractivity contribution in [2.24, 2.45) is 0 Å². The van der Waals surface area contributed by atoms with Crippen LogP contribution in [0.5, 0.6) is 0 Å². The Labute approximate surface area is 108 Å². The summed E-state index contributed by atoms with van der Waals surface area (Å²) in [5, 5.41) is 3.96. The minimum Gasteiger partial charge on any atom is -0.375 e. The normalized spacial score (nSPS) is 29.0. The number of nitrogens with zero attached hydrogens (tertiary/aromatic N) is 1.